The van der Waals surface area contributed by atoms with Crippen LogP contribution in [0.2, 0.25) is 0 Å². The Morgan fingerprint density at radius 1 is 0.970 bits per heavy atom. The Labute approximate surface area is 193 Å². The summed E-state index contributed by atoms with van der Waals surface area (Å²) in [5, 5.41) is 4.82. The molecule has 0 aliphatic heterocycles. The number of carbonyl (C=O) groups excluding carboxylic acids is 2. The van der Waals surface area contributed by atoms with Crippen molar-refractivity contribution in [2.45, 2.75) is 26.2 Å². The molecular weight excluding hydrogens is 412 g/mol. The van der Waals surface area contributed by atoms with Crippen LogP contribution in [0.25, 0.3) is 28.2 Å². The number of rotatable bonds is 9. The van der Waals surface area contributed by atoms with Gasteiger partial charge in [-0.25, -0.2) is 9.50 Å². The Kier molecular flexibility index (Phi) is 6.75. The number of fused-ring (bicyclic) bond motifs is 1. The molecule has 6 nitrogen and oxygen atoms in total. The highest BCUT2D eigenvalue weighted by atomic mass is 16.1. The molecule has 33 heavy (non-hydrogen) atoms. The lowest BCUT2D eigenvalue weighted by Crippen LogP contribution is -2.14. The van der Waals surface area contributed by atoms with Crippen molar-refractivity contribution in [2.24, 2.45) is 0 Å². The van der Waals surface area contributed by atoms with E-state index < -0.39 is 0 Å². The quantitative estimate of drug-likeness (QED) is 0.352. The largest absolute Gasteiger partial charge is 0.309 e. The van der Waals surface area contributed by atoms with E-state index in [1.165, 1.54) is 0 Å². The van der Waals surface area contributed by atoms with Crippen molar-refractivity contribution in [3.63, 3.8) is 0 Å². The summed E-state index contributed by atoms with van der Waals surface area (Å²) in [7, 11) is 4.02. The average molecular weight is 441 g/mol. The number of imidazole rings is 1. The maximum atomic E-state index is 12.7. The van der Waals surface area contributed by atoms with Gasteiger partial charge in [0.2, 0.25) is 0 Å². The van der Waals surface area contributed by atoms with Crippen molar-refractivity contribution in [1.82, 2.24) is 19.5 Å². The lowest BCUT2D eigenvalue weighted by atomic mass is 10.0. The highest BCUT2D eigenvalue weighted by molar-refractivity contribution is 5.97. The van der Waals surface area contributed by atoms with Gasteiger partial charge >= 0.3 is 0 Å². The number of ketones is 2. The minimum absolute atomic E-state index is 0.128. The molecule has 2 aromatic heterocycles. The van der Waals surface area contributed by atoms with E-state index in [0.717, 1.165) is 46.7 Å². The predicted octanol–water partition coefficient (Wildman–Crippen LogP) is 4.72. The molecule has 4 aromatic rings. The molecule has 0 radical (unpaired) electrons. The molecule has 2 heterocycles. The maximum Gasteiger partial charge on any atom is 0.162 e. The van der Waals surface area contributed by atoms with E-state index >= 15 is 0 Å². The standard InChI is InChI=1S/C27H28N4O2/c1-19(32)15-20-7-4-8-21(16-20)24-12-13-27-28-18-25(31(27)29-24)22-9-5-10-23(17-22)26(33)11-6-14-30(2)3/h4-5,7-10,12-13,16-18H,6,11,14-15H2,1-3H3. The summed E-state index contributed by atoms with van der Waals surface area (Å²) < 4.78 is 1.81. The first-order valence-corrected chi connectivity index (χ1v) is 11.1. The van der Waals surface area contributed by atoms with Crippen molar-refractivity contribution in [3.05, 3.63) is 78.0 Å². The summed E-state index contributed by atoms with van der Waals surface area (Å²) in [4.78, 5) is 30.8. The van der Waals surface area contributed by atoms with E-state index in [0.29, 0.717) is 18.4 Å². The Hall–Kier alpha value is -3.64. The molecule has 0 spiro atoms. The van der Waals surface area contributed by atoms with E-state index in [4.69, 9.17) is 5.10 Å². The van der Waals surface area contributed by atoms with Gasteiger partial charge in [-0.2, -0.15) is 5.10 Å². The zero-order valence-electron chi connectivity index (χ0n) is 19.3. The van der Waals surface area contributed by atoms with E-state index in [2.05, 4.69) is 9.88 Å². The molecule has 4 rings (SSSR count). The van der Waals surface area contributed by atoms with Gasteiger partial charge in [-0.1, -0.05) is 36.4 Å². The van der Waals surface area contributed by atoms with E-state index in [1.54, 1.807) is 13.1 Å². The Bertz CT molecular complexity index is 1310. The third-order valence-corrected chi connectivity index (χ3v) is 5.53. The number of hydrogen-bond acceptors (Lipinski definition) is 5. The highest BCUT2D eigenvalue weighted by Gasteiger charge is 2.12. The van der Waals surface area contributed by atoms with Crippen LogP contribution in [0.1, 0.15) is 35.7 Å². The van der Waals surface area contributed by atoms with Crippen LogP contribution in [0.4, 0.5) is 0 Å². The van der Waals surface area contributed by atoms with Crippen LogP contribution in [0.15, 0.2) is 66.9 Å². The first-order chi connectivity index (χ1) is 15.9. The number of Topliss-reactive ketones (excluding diaryl/α,β-unsaturated/α-hetero) is 2. The SMILES string of the molecule is CC(=O)Cc1cccc(-c2ccc3ncc(-c4cccc(C(=O)CCCN(C)C)c4)n3n2)c1. The summed E-state index contributed by atoms with van der Waals surface area (Å²) in [5.41, 5.74) is 5.87. The topological polar surface area (TPSA) is 67.6 Å². The fourth-order valence-electron chi connectivity index (χ4n) is 3.90. The second kappa shape index (κ2) is 9.88. The highest BCUT2D eigenvalue weighted by Crippen LogP contribution is 2.25. The molecular formula is C27H28N4O2. The van der Waals surface area contributed by atoms with Crippen LogP contribution < -0.4 is 0 Å². The van der Waals surface area contributed by atoms with Gasteiger partial charge in [0.25, 0.3) is 0 Å². The molecule has 0 bridgehead atoms. The Morgan fingerprint density at radius 3 is 2.55 bits per heavy atom. The summed E-state index contributed by atoms with van der Waals surface area (Å²) in [6.07, 6.45) is 3.54. The predicted molar refractivity (Wildman–Crippen MR) is 130 cm³/mol. The molecule has 168 valence electrons. The number of carbonyl (C=O) groups is 2. The van der Waals surface area contributed by atoms with Crippen LogP contribution in [0.3, 0.4) is 0 Å². The van der Waals surface area contributed by atoms with Gasteiger partial charge in [0, 0.05) is 29.5 Å². The van der Waals surface area contributed by atoms with Gasteiger partial charge in [0.1, 0.15) is 5.78 Å². The van der Waals surface area contributed by atoms with Gasteiger partial charge in [-0.3, -0.25) is 9.59 Å². The summed E-state index contributed by atoms with van der Waals surface area (Å²) >= 11 is 0. The van der Waals surface area contributed by atoms with E-state index in [1.807, 2.05) is 79.3 Å². The maximum absolute atomic E-state index is 12.7. The lowest BCUT2D eigenvalue weighted by Gasteiger charge is -2.09. The molecule has 0 aliphatic carbocycles. The van der Waals surface area contributed by atoms with Crippen LogP contribution in [0.5, 0.6) is 0 Å². The molecule has 0 unspecified atom stereocenters. The van der Waals surface area contributed by atoms with Crippen LogP contribution in [0, 0.1) is 0 Å². The molecule has 0 fully saturated rings. The van der Waals surface area contributed by atoms with Gasteiger partial charge in [0.15, 0.2) is 11.4 Å². The molecule has 0 amide bonds. The molecule has 0 N–H and O–H groups in total. The van der Waals surface area contributed by atoms with Crippen LogP contribution >= 0.6 is 0 Å². The fourth-order valence-corrected chi connectivity index (χ4v) is 3.90. The van der Waals surface area contributed by atoms with Gasteiger partial charge in [-0.05, 0) is 63.8 Å². The third kappa shape index (κ3) is 5.41. The van der Waals surface area contributed by atoms with Crippen molar-refractivity contribution in [3.8, 4) is 22.5 Å². The van der Waals surface area contributed by atoms with Crippen LogP contribution in [-0.4, -0.2) is 51.7 Å². The number of benzene rings is 2. The average Bonchev–Trinajstić information content (AvgIpc) is 3.22. The van der Waals surface area contributed by atoms with Crippen molar-refractivity contribution in [2.75, 3.05) is 20.6 Å². The Morgan fingerprint density at radius 2 is 1.76 bits per heavy atom. The molecule has 6 heteroatoms. The summed E-state index contributed by atoms with van der Waals surface area (Å²) in [6.45, 7) is 2.48. The summed E-state index contributed by atoms with van der Waals surface area (Å²) in [5.74, 6) is 0.270. The molecule has 0 saturated heterocycles. The zero-order chi connectivity index (χ0) is 23.4. The van der Waals surface area contributed by atoms with Crippen molar-refractivity contribution >= 4 is 17.2 Å². The van der Waals surface area contributed by atoms with Gasteiger partial charge in [-0.15, -0.1) is 0 Å². The number of hydrogen-bond donors (Lipinski definition) is 0. The molecule has 0 aliphatic rings. The first kappa shape index (κ1) is 22.6. The lowest BCUT2D eigenvalue weighted by molar-refractivity contribution is -0.116. The van der Waals surface area contributed by atoms with Crippen LogP contribution in [-0.2, 0) is 11.2 Å². The minimum atomic E-state index is 0.128. The number of nitrogens with zero attached hydrogens (tertiary/aromatic N) is 4. The number of aromatic nitrogens is 3. The fraction of sp³-hybridized carbons (Fsp3) is 0.259. The minimum Gasteiger partial charge on any atom is -0.309 e. The second-order valence-corrected chi connectivity index (χ2v) is 8.62. The zero-order valence-corrected chi connectivity index (χ0v) is 19.3. The summed E-state index contributed by atoms with van der Waals surface area (Å²) in [6, 6.07) is 19.4. The normalized spacial score (nSPS) is 11.3. The first-order valence-electron chi connectivity index (χ1n) is 11.1. The second-order valence-electron chi connectivity index (χ2n) is 8.62. The smallest absolute Gasteiger partial charge is 0.162 e. The van der Waals surface area contributed by atoms with Gasteiger partial charge < -0.3 is 4.90 Å². The Balaban J connectivity index is 1.65. The third-order valence-electron chi connectivity index (χ3n) is 5.53. The van der Waals surface area contributed by atoms with Crippen molar-refractivity contribution in [1.29, 1.82) is 0 Å². The van der Waals surface area contributed by atoms with Crippen molar-refractivity contribution < 1.29 is 9.59 Å². The van der Waals surface area contributed by atoms with E-state index in [9.17, 15) is 9.59 Å². The molecule has 0 atom stereocenters. The monoisotopic (exact) mass is 440 g/mol. The van der Waals surface area contributed by atoms with E-state index in [-0.39, 0.29) is 11.6 Å². The van der Waals surface area contributed by atoms with Gasteiger partial charge in [0.05, 0.1) is 17.6 Å². The molecule has 2 aromatic carbocycles. The molecule has 0 saturated carbocycles.